The van der Waals surface area contributed by atoms with Gasteiger partial charge in [0.2, 0.25) is 0 Å². The van der Waals surface area contributed by atoms with Crippen LogP contribution in [0.4, 0.5) is 0 Å². The number of aromatic nitrogens is 2. The van der Waals surface area contributed by atoms with Crippen LogP contribution in [-0.2, 0) is 6.54 Å². The van der Waals surface area contributed by atoms with Crippen LogP contribution in [0.25, 0.3) is 5.69 Å². The highest BCUT2D eigenvalue weighted by molar-refractivity contribution is 6.32. The van der Waals surface area contributed by atoms with Crippen molar-refractivity contribution in [2.45, 2.75) is 27.3 Å². The van der Waals surface area contributed by atoms with Gasteiger partial charge < -0.3 is 5.32 Å². The summed E-state index contributed by atoms with van der Waals surface area (Å²) in [5.41, 5.74) is 5.49. The molecule has 1 aromatic carbocycles. The number of rotatable bonds is 3. The molecule has 0 saturated carbocycles. The standard InChI is InChI=1S/C14H18ClN3/c1-9-5-10(2)14(13(15)6-9)18-8-12(7-16-4)11(3)17-18/h5-6,8,16H,7H2,1-4H3. The Morgan fingerprint density at radius 1 is 1.28 bits per heavy atom. The van der Waals surface area contributed by atoms with Gasteiger partial charge in [0.15, 0.2) is 0 Å². The molecular weight excluding hydrogens is 246 g/mol. The van der Waals surface area contributed by atoms with E-state index >= 15 is 0 Å². The molecule has 4 heteroatoms. The third-order valence-electron chi connectivity index (χ3n) is 3.00. The molecule has 0 saturated heterocycles. The van der Waals surface area contributed by atoms with Crippen LogP contribution in [0, 0.1) is 20.8 Å². The number of nitrogens with zero attached hydrogens (tertiary/aromatic N) is 2. The molecule has 0 aliphatic heterocycles. The molecule has 0 radical (unpaired) electrons. The molecule has 0 amide bonds. The highest BCUT2D eigenvalue weighted by Crippen LogP contribution is 2.26. The molecule has 18 heavy (non-hydrogen) atoms. The fourth-order valence-electron chi connectivity index (χ4n) is 2.17. The van der Waals surface area contributed by atoms with Gasteiger partial charge in [0.05, 0.1) is 16.4 Å². The molecule has 96 valence electrons. The van der Waals surface area contributed by atoms with Gasteiger partial charge in [-0.2, -0.15) is 5.10 Å². The van der Waals surface area contributed by atoms with Crippen molar-refractivity contribution in [2.24, 2.45) is 0 Å². The van der Waals surface area contributed by atoms with E-state index in [1.54, 1.807) is 0 Å². The zero-order valence-corrected chi connectivity index (χ0v) is 12.0. The zero-order chi connectivity index (χ0) is 13.3. The molecule has 1 N–H and O–H groups in total. The molecule has 0 aliphatic carbocycles. The summed E-state index contributed by atoms with van der Waals surface area (Å²) in [7, 11) is 1.93. The summed E-state index contributed by atoms with van der Waals surface area (Å²) >= 11 is 6.33. The fourth-order valence-corrected chi connectivity index (χ4v) is 2.58. The summed E-state index contributed by atoms with van der Waals surface area (Å²) in [6, 6.07) is 4.09. The van der Waals surface area contributed by atoms with E-state index in [4.69, 9.17) is 11.6 Å². The summed E-state index contributed by atoms with van der Waals surface area (Å²) in [5.74, 6) is 0. The summed E-state index contributed by atoms with van der Waals surface area (Å²) in [6.07, 6.45) is 2.04. The second-order valence-corrected chi connectivity index (χ2v) is 5.03. The molecule has 3 nitrogen and oxygen atoms in total. The zero-order valence-electron chi connectivity index (χ0n) is 11.2. The molecule has 2 aromatic rings. The molecule has 0 unspecified atom stereocenters. The van der Waals surface area contributed by atoms with Crippen molar-refractivity contribution in [1.82, 2.24) is 15.1 Å². The van der Waals surface area contributed by atoms with Crippen LogP contribution in [0.3, 0.4) is 0 Å². The lowest BCUT2D eigenvalue weighted by Crippen LogP contribution is -2.05. The fraction of sp³-hybridized carbons (Fsp3) is 0.357. The first kappa shape index (κ1) is 13.1. The molecule has 0 aliphatic rings. The van der Waals surface area contributed by atoms with Crippen molar-refractivity contribution >= 4 is 11.6 Å². The first-order valence-electron chi connectivity index (χ1n) is 5.99. The van der Waals surface area contributed by atoms with Crippen molar-refractivity contribution in [3.63, 3.8) is 0 Å². The highest BCUT2D eigenvalue weighted by Gasteiger charge is 2.11. The lowest BCUT2D eigenvalue weighted by Gasteiger charge is -2.09. The Morgan fingerprint density at radius 3 is 2.61 bits per heavy atom. The van der Waals surface area contributed by atoms with Crippen LogP contribution >= 0.6 is 11.6 Å². The maximum atomic E-state index is 6.33. The van der Waals surface area contributed by atoms with Gasteiger partial charge in [0, 0.05) is 18.3 Å². The average molecular weight is 264 g/mol. The predicted octanol–water partition coefficient (Wildman–Crippen LogP) is 3.17. The van der Waals surface area contributed by atoms with Crippen LogP contribution < -0.4 is 5.32 Å². The van der Waals surface area contributed by atoms with E-state index in [-0.39, 0.29) is 0 Å². The van der Waals surface area contributed by atoms with Crippen molar-refractivity contribution < 1.29 is 0 Å². The Kier molecular flexibility index (Phi) is 3.73. The van der Waals surface area contributed by atoms with Crippen LogP contribution in [0.1, 0.15) is 22.4 Å². The Labute approximate surface area is 113 Å². The molecule has 2 rings (SSSR count). The molecule has 0 bridgehead atoms. The van der Waals surface area contributed by atoms with Gasteiger partial charge in [-0.15, -0.1) is 0 Å². The van der Waals surface area contributed by atoms with Crippen molar-refractivity contribution in [2.75, 3.05) is 7.05 Å². The van der Waals surface area contributed by atoms with Crippen molar-refractivity contribution in [3.8, 4) is 5.69 Å². The number of aryl methyl sites for hydroxylation is 3. The summed E-state index contributed by atoms with van der Waals surface area (Å²) in [5, 5.41) is 8.43. The van der Waals surface area contributed by atoms with E-state index in [1.165, 1.54) is 11.1 Å². The SMILES string of the molecule is CNCc1cn(-c2c(C)cc(C)cc2Cl)nc1C. The minimum absolute atomic E-state index is 0.742. The molecular formula is C14H18ClN3. The Balaban J connectivity index is 2.52. The maximum Gasteiger partial charge on any atom is 0.0861 e. The highest BCUT2D eigenvalue weighted by atomic mass is 35.5. The number of nitrogens with one attached hydrogen (secondary N) is 1. The largest absolute Gasteiger partial charge is 0.316 e. The van der Waals surface area contributed by atoms with Crippen molar-refractivity contribution in [1.29, 1.82) is 0 Å². The Bertz CT molecular complexity index is 549. The molecule has 0 spiro atoms. The van der Waals surface area contributed by atoms with Gasteiger partial charge in [0.1, 0.15) is 0 Å². The molecule has 0 fully saturated rings. The summed E-state index contributed by atoms with van der Waals surface area (Å²) in [4.78, 5) is 0. The molecule has 1 heterocycles. The third-order valence-corrected chi connectivity index (χ3v) is 3.28. The van der Waals surface area contributed by atoms with Crippen LogP contribution in [0.2, 0.25) is 5.02 Å². The van der Waals surface area contributed by atoms with Gasteiger partial charge in [-0.05, 0) is 45.0 Å². The van der Waals surface area contributed by atoms with E-state index < -0.39 is 0 Å². The first-order chi connectivity index (χ1) is 8.52. The average Bonchev–Trinajstić information content (AvgIpc) is 2.59. The van der Waals surface area contributed by atoms with Gasteiger partial charge in [-0.3, -0.25) is 0 Å². The van der Waals surface area contributed by atoms with E-state index in [0.29, 0.717) is 0 Å². The topological polar surface area (TPSA) is 29.9 Å². The second kappa shape index (κ2) is 5.12. The van der Waals surface area contributed by atoms with Crippen LogP contribution in [-0.4, -0.2) is 16.8 Å². The monoisotopic (exact) mass is 263 g/mol. The third kappa shape index (κ3) is 2.42. The Morgan fingerprint density at radius 2 is 2.00 bits per heavy atom. The van der Waals surface area contributed by atoms with Gasteiger partial charge in [-0.1, -0.05) is 17.7 Å². The number of halogens is 1. The van der Waals surface area contributed by atoms with Gasteiger partial charge >= 0.3 is 0 Å². The first-order valence-corrected chi connectivity index (χ1v) is 6.37. The summed E-state index contributed by atoms with van der Waals surface area (Å²) < 4.78 is 1.87. The quantitative estimate of drug-likeness (QED) is 0.922. The van der Waals surface area contributed by atoms with E-state index in [1.807, 2.05) is 37.8 Å². The maximum absolute atomic E-state index is 6.33. The Hall–Kier alpha value is -1.32. The lowest BCUT2D eigenvalue weighted by molar-refractivity contribution is 0.812. The minimum Gasteiger partial charge on any atom is -0.316 e. The van der Waals surface area contributed by atoms with Crippen LogP contribution in [0.5, 0.6) is 0 Å². The number of hydrogen-bond acceptors (Lipinski definition) is 2. The van der Waals surface area contributed by atoms with Crippen LogP contribution in [0.15, 0.2) is 18.3 Å². The van der Waals surface area contributed by atoms with Crippen molar-refractivity contribution in [3.05, 3.63) is 45.7 Å². The smallest absolute Gasteiger partial charge is 0.0861 e. The number of hydrogen-bond donors (Lipinski definition) is 1. The molecule has 0 atom stereocenters. The normalized spacial score (nSPS) is 10.9. The van der Waals surface area contributed by atoms with E-state index in [2.05, 4.69) is 23.4 Å². The summed E-state index contributed by atoms with van der Waals surface area (Å²) in [6.45, 7) is 6.93. The van der Waals surface area contributed by atoms with Gasteiger partial charge in [0.25, 0.3) is 0 Å². The minimum atomic E-state index is 0.742. The number of benzene rings is 1. The lowest BCUT2D eigenvalue weighted by atomic mass is 10.1. The predicted molar refractivity (Wildman–Crippen MR) is 75.5 cm³/mol. The molecule has 1 aromatic heterocycles. The van der Waals surface area contributed by atoms with E-state index in [0.717, 1.165) is 28.5 Å². The van der Waals surface area contributed by atoms with E-state index in [9.17, 15) is 0 Å². The van der Waals surface area contributed by atoms with Gasteiger partial charge in [-0.25, -0.2) is 4.68 Å². The second-order valence-electron chi connectivity index (χ2n) is 4.63.